The Morgan fingerprint density at radius 3 is 2.17 bits per heavy atom. The third-order valence-corrected chi connectivity index (χ3v) is 6.60. The summed E-state index contributed by atoms with van der Waals surface area (Å²) in [5.41, 5.74) is 5.03. The number of methoxy groups -OCH3 is 1. The summed E-state index contributed by atoms with van der Waals surface area (Å²) in [6.45, 7) is 0.502. The number of anilines is 1. The standard InChI is InChI=1S/C32H33NO3/c1-36-31(34)22-21-27-11-8-14-30(23-27)33(32(35)29-12-6-3-7-13-29)24-28-19-17-26(18-20-28)16-15-25-9-4-2-5-10-25/h2,4-5,8-11,14-23,29H,3,6-7,12-13,24H2,1H3/b16-15+,22-21+. The van der Waals surface area contributed by atoms with E-state index in [4.69, 9.17) is 4.74 Å². The highest BCUT2D eigenvalue weighted by Gasteiger charge is 2.27. The van der Waals surface area contributed by atoms with Gasteiger partial charge in [-0.25, -0.2) is 4.79 Å². The van der Waals surface area contributed by atoms with Gasteiger partial charge in [0.1, 0.15) is 0 Å². The predicted molar refractivity (Wildman–Crippen MR) is 147 cm³/mol. The molecule has 0 unspecified atom stereocenters. The molecule has 0 heterocycles. The number of amides is 1. The van der Waals surface area contributed by atoms with Crippen LogP contribution in [0.3, 0.4) is 0 Å². The van der Waals surface area contributed by atoms with Gasteiger partial charge in [0.25, 0.3) is 0 Å². The largest absolute Gasteiger partial charge is 0.466 e. The maximum Gasteiger partial charge on any atom is 0.330 e. The van der Waals surface area contributed by atoms with Crippen LogP contribution in [-0.4, -0.2) is 19.0 Å². The van der Waals surface area contributed by atoms with Crippen molar-refractivity contribution in [2.45, 2.75) is 38.6 Å². The molecule has 0 bridgehead atoms. The maximum atomic E-state index is 13.7. The van der Waals surface area contributed by atoms with Crippen LogP contribution in [0.15, 0.2) is 84.9 Å². The van der Waals surface area contributed by atoms with Crippen LogP contribution in [0.2, 0.25) is 0 Å². The average molecular weight is 480 g/mol. The second-order valence-corrected chi connectivity index (χ2v) is 9.20. The van der Waals surface area contributed by atoms with E-state index in [1.165, 1.54) is 19.6 Å². The summed E-state index contributed by atoms with van der Waals surface area (Å²) < 4.78 is 4.70. The third-order valence-electron chi connectivity index (χ3n) is 6.60. The van der Waals surface area contributed by atoms with Crippen molar-refractivity contribution < 1.29 is 14.3 Å². The molecule has 1 aliphatic rings. The Morgan fingerprint density at radius 1 is 0.806 bits per heavy atom. The number of benzene rings is 3. The summed E-state index contributed by atoms with van der Waals surface area (Å²) in [5, 5.41) is 0. The summed E-state index contributed by atoms with van der Waals surface area (Å²) in [7, 11) is 1.36. The highest BCUT2D eigenvalue weighted by molar-refractivity contribution is 5.95. The molecule has 0 radical (unpaired) electrons. The molecule has 0 aliphatic heterocycles. The van der Waals surface area contributed by atoms with Crippen LogP contribution in [0.5, 0.6) is 0 Å². The SMILES string of the molecule is COC(=O)/C=C/c1cccc(N(Cc2ccc(/C=C/c3ccccc3)cc2)C(=O)C2CCCCC2)c1. The lowest BCUT2D eigenvalue weighted by atomic mass is 9.88. The molecule has 3 aromatic rings. The number of ether oxygens (including phenoxy) is 1. The van der Waals surface area contributed by atoms with E-state index in [1.807, 2.05) is 47.4 Å². The van der Waals surface area contributed by atoms with Crippen molar-refractivity contribution in [1.82, 2.24) is 0 Å². The topological polar surface area (TPSA) is 46.6 Å². The van der Waals surface area contributed by atoms with Gasteiger partial charge in [0.05, 0.1) is 13.7 Å². The molecule has 4 rings (SSSR count). The molecule has 1 saturated carbocycles. The number of esters is 1. The molecular weight excluding hydrogens is 446 g/mol. The van der Waals surface area contributed by atoms with Crippen LogP contribution in [0.25, 0.3) is 18.2 Å². The first kappa shape index (κ1) is 25.2. The van der Waals surface area contributed by atoms with Crippen LogP contribution < -0.4 is 4.90 Å². The first-order chi connectivity index (χ1) is 17.6. The first-order valence-electron chi connectivity index (χ1n) is 12.6. The third kappa shape index (κ3) is 7.05. The van der Waals surface area contributed by atoms with Crippen molar-refractivity contribution in [3.05, 3.63) is 107 Å². The van der Waals surface area contributed by atoms with Crippen LogP contribution in [0, 0.1) is 5.92 Å². The van der Waals surface area contributed by atoms with Crippen molar-refractivity contribution in [3.63, 3.8) is 0 Å². The normalized spacial score (nSPS) is 14.2. The van der Waals surface area contributed by atoms with Gasteiger partial charge in [-0.2, -0.15) is 0 Å². The molecule has 0 N–H and O–H groups in total. The van der Waals surface area contributed by atoms with Crippen LogP contribution in [0.4, 0.5) is 5.69 Å². The zero-order chi connectivity index (χ0) is 25.2. The molecule has 4 heteroatoms. The number of carbonyl (C=O) groups excluding carboxylic acids is 2. The van der Waals surface area contributed by atoms with Crippen molar-refractivity contribution in [2.24, 2.45) is 5.92 Å². The fourth-order valence-corrected chi connectivity index (χ4v) is 4.57. The number of hydrogen-bond acceptors (Lipinski definition) is 3. The Hall–Kier alpha value is -3.92. The summed E-state index contributed by atoms with van der Waals surface area (Å²) >= 11 is 0. The minimum Gasteiger partial charge on any atom is -0.466 e. The van der Waals surface area contributed by atoms with Gasteiger partial charge in [0.15, 0.2) is 0 Å². The zero-order valence-corrected chi connectivity index (χ0v) is 20.8. The van der Waals surface area contributed by atoms with Crippen molar-refractivity contribution in [2.75, 3.05) is 12.0 Å². The highest BCUT2D eigenvalue weighted by atomic mass is 16.5. The minimum atomic E-state index is -0.406. The second-order valence-electron chi connectivity index (χ2n) is 9.20. The van der Waals surface area contributed by atoms with E-state index < -0.39 is 5.97 Å². The van der Waals surface area contributed by atoms with Gasteiger partial charge >= 0.3 is 5.97 Å². The Morgan fingerprint density at radius 2 is 1.47 bits per heavy atom. The number of carbonyl (C=O) groups is 2. The molecule has 4 nitrogen and oxygen atoms in total. The predicted octanol–water partition coefficient (Wildman–Crippen LogP) is 7.16. The first-order valence-corrected chi connectivity index (χ1v) is 12.6. The molecule has 0 spiro atoms. The lowest BCUT2D eigenvalue weighted by Crippen LogP contribution is -2.36. The van der Waals surface area contributed by atoms with Crippen LogP contribution >= 0.6 is 0 Å². The van der Waals surface area contributed by atoms with E-state index >= 15 is 0 Å². The molecule has 0 saturated heterocycles. The Labute approximate surface area is 213 Å². The summed E-state index contributed by atoms with van der Waals surface area (Å²) in [6.07, 6.45) is 12.6. The lowest BCUT2D eigenvalue weighted by Gasteiger charge is -2.30. The smallest absolute Gasteiger partial charge is 0.330 e. The van der Waals surface area contributed by atoms with E-state index in [-0.39, 0.29) is 11.8 Å². The maximum absolute atomic E-state index is 13.7. The van der Waals surface area contributed by atoms with Crippen LogP contribution in [0.1, 0.15) is 54.4 Å². The van der Waals surface area contributed by atoms with Gasteiger partial charge in [-0.1, -0.05) is 98.1 Å². The fourth-order valence-electron chi connectivity index (χ4n) is 4.57. The number of nitrogens with zero attached hydrogens (tertiary/aromatic N) is 1. The number of hydrogen-bond donors (Lipinski definition) is 0. The van der Waals surface area contributed by atoms with E-state index in [2.05, 4.69) is 48.6 Å². The van der Waals surface area contributed by atoms with Gasteiger partial charge in [-0.3, -0.25) is 4.79 Å². The van der Waals surface area contributed by atoms with E-state index in [1.54, 1.807) is 6.08 Å². The van der Waals surface area contributed by atoms with Crippen molar-refractivity contribution >= 4 is 35.8 Å². The summed E-state index contributed by atoms with van der Waals surface area (Å²) in [5.74, 6) is -0.171. The summed E-state index contributed by atoms with van der Waals surface area (Å²) in [4.78, 5) is 27.1. The average Bonchev–Trinajstić information content (AvgIpc) is 2.95. The lowest BCUT2D eigenvalue weighted by molar-refractivity contribution is -0.134. The fraction of sp³-hybridized carbons (Fsp3) is 0.250. The molecule has 36 heavy (non-hydrogen) atoms. The van der Waals surface area contributed by atoms with E-state index in [0.29, 0.717) is 6.54 Å². The second kappa shape index (κ2) is 12.7. The molecule has 0 aromatic heterocycles. The van der Waals surface area contributed by atoms with Gasteiger partial charge in [0, 0.05) is 17.7 Å². The quantitative estimate of drug-likeness (QED) is 0.196. The van der Waals surface area contributed by atoms with Crippen LogP contribution in [-0.2, 0) is 20.9 Å². The van der Waals surface area contributed by atoms with Crippen molar-refractivity contribution in [3.8, 4) is 0 Å². The molecule has 184 valence electrons. The van der Waals surface area contributed by atoms with Gasteiger partial charge in [-0.05, 0) is 53.3 Å². The Balaban J connectivity index is 1.55. The monoisotopic (exact) mass is 479 g/mol. The van der Waals surface area contributed by atoms with E-state index in [0.717, 1.165) is 53.6 Å². The molecule has 1 fully saturated rings. The molecule has 1 aliphatic carbocycles. The van der Waals surface area contributed by atoms with Gasteiger partial charge < -0.3 is 9.64 Å². The van der Waals surface area contributed by atoms with E-state index in [9.17, 15) is 9.59 Å². The zero-order valence-electron chi connectivity index (χ0n) is 20.8. The Bertz CT molecular complexity index is 1210. The van der Waals surface area contributed by atoms with Crippen molar-refractivity contribution in [1.29, 1.82) is 0 Å². The van der Waals surface area contributed by atoms with Gasteiger partial charge in [-0.15, -0.1) is 0 Å². The summed E-state index contributed by atoms with van der Waals surface area (Å²) in [6, 6.07) is 26.3. The molecule has 0 atom stereocenters. The highest BCUT2D eigenvalue weighted by Crippen LogP contribution is 2.29. The Kier molecular flexibility index (Phi) is 8.87. The molecule has 3 aromatic carbocycles. The number of rotatable bonds is 8. The van der Waals surface area contributed by atoms with Gasteiger partial charge in [0.2, 0.25) is 5.91 Å². The molecule has 1 amide bonds. The minimum absolute atomic E-state index is 0.0566. The molecular formula is C32H33NO3.